The molecule has 0 radical (unpaired) electrons. The molecule has 4 rings (SSSR count). The Morgan fingerprint density at radius 3 is 1.77 bits per heavy atom. The summed E-state index contributed by atoms with van der Waals surface area (Å²) < 4.78 is 0. The molecule has 2 aliphatic rings. The lowest BCUT2D eigenvalue weighted by Crippen LogP contribution is -2.52. The average molecular weight is 405 g/mol. The second-order valence-electron chi connectivity index (χ2n) is 8.08. The van der Waals surface area contributed by atoms with Gasteiger partial charge in [0, 0.05) is 26.2 Å². The van der Waals surface area contributed by atoms with Crippen molar-refractivity contribution in [1.82, 2.24) is 9.80 Å². The predicted octanol–water partition coefficient (Wildman–Crippen LogP) is 3.59. The molecule has 156 valence electrons. The first-order chi connectivity index (χ1) is 14.6. The largest absolute Gasteiger partial charge is 0.481 e. The number of nitrogens with zero attached hydrogens (tertiary/aromatic N) is 2. The fourth-order valence-electron chi connectivity index (χ4n) is 4.68. The van der Waals surface area contributed by atoms with E-state index in [2.05, 4.69) is 53.4 Å². The van der Waals surface area contributed by atoms with Crippen LogP contribution in [-0.2, 0) is 9.59 Å². The molecular weight excluding hydrogens is 376 g/mol. The van der Waals surface area contributed by atoms with E-state index in [-0.39, 0.29) is 11.9 Å². The van der Waals surface area contributed by atoms with Crippen molar-refractivity contribution in [3.05, 3.63) is 83.9 Å². The molecule has 30 heavy (non-hydrogen) atoms. The number of hydrogen-bond acceptors (Lipinski definition) is 3. The number of carbonyl (C=O) groups excluding carboxylic acids is 1. The molecule has 0 spiro atoms. The molecule has 1 fully saturated rings. The maximum atomic E-state index is 13.1. The third-order valence-corrected chi connectivity index (χ3v) is 6.29. The summed E-state index contributed by atoms with van der Waals surface area (Å²) in [5.41, 5.74) is 2.48. The van der Waals surface area contributed by atoms with Crippen LogP contribution in [0.3, 0.4) is 0 Å². The van der Waals surface area contributed by atoms with Crippen LogP contribution in [0.15, 0.2) is 72.8 Å². The molecule has 1 saturated heterocycles. The van der Waals surface area contributed by atoms with Crippen molar-refractivity contribution < 1.29 is 14.7 Å². The molecule has 2 atom stereocenters. The van der Waals surface area contributed by atoms with Crippen molar-refractivity contribution in [2.45, 2.75) is 18.9 Å². The van der Waals surface area contributed by atoms with Crippen LogP contribution in [0.25, 0.3) is 0 Å². The smallest absolute Gasteiger partial charge is 0.307 e. The molecule has 1 N–H and O–H groups in total. The molecule has 0 unspecified atom stereocenters. The highest BCUT2D eigenvalue weighted by Gasteiger charge is 2.37. The summed E-state index contributed by atoms with van der Waals surface area (Å²) >= 11 is 0. The summed E-state index contributed by atoms with van der Waals surface area (Å²) in [4.78, 5) is 29.0. The number of allylic oxidation sites excluding steroid dienone is 2. The number of benzene rings is 2. The van der Waals surface area contributed by atoms with E-state index in [1.54, 1.807) is 0 Å². The van der Waals surface area contributed by atoms with E-state index >= 15 is 0 Å². The summed E-state index contributed by atoms with van der Waals surface area (Å²) in [5.74, 6) is -1.94. The van der Waals surface area contributed by atoms with Crippen LogP contribution in [0.1, 0.15) is 30.0 Å². The van der Waals surface area contributed by atoms with Gasteiger partial charge in [0.25, 0.3) is 0 Å². The quantitative estimate of drug-likeness (QED) is 0.774. The number of piperazine rings is 1. The van der Waals surface area contributed by atoms with Gasteiger partial charge in [0.2, 0.25) is 5.91 Å². The fourth-order valence-corrected chi connectivity index (χ4v) is 4.68. The number of hydrogen-bond donors (Lipinski definition) is 1. The monoisotopic (exact) mass is 404 g/mol. The van der Waals surface area contributed by atoms with Crippen LogP contribution in [0.4, 0.5) is 0 Å². The van der Waals surface area contributed by atoms with E-state index < -0.39 is 17.8 Å². The molecule has 2 aromatic carbocycles. The van der Waals surface area contributed by atoms with Gasteiger partial charge in [-0.3, -0.25) is 14.5 Å². The summed E-state index contributed by atoms with van der Waals surface area (Å²) in [6.07, 6.45) is 4.78. The number of amides is 1. The third kappa shape index (κ3) is 4.31. The topological polar surface area (TPSA) is 60.9 Å². The summed E-state index contributed by atoms with van der Waals surface area (Å²) in [7, 11) is 0. The Kier molecular flexibility index (Phi) is 6.29. The average Bonchev–Trinajstić information content (AvgIpc) is 2.81. The van der Waals surface area contributed by atoms with Gasteiger partial charge in [-0.05, 0) is 24.0 Å². The van der Waals surface area contributed by atoms with Gasteiger partial charge in [-0.2, -0.15) is 0 Å². The second kappa shape index (κ2) is 9.26. The highest BCUT2D eigenvalue weighted by Crippen LogP contribution is 2.31. The van der Waals surface area contributed by atoms with Crippen molar-refractivity contribution >= 4 is 11.9 Å². The van der Waals surface area contributed by atoms with Crippen LogP contribution in [0.2, 0.25) is 0 Å². The second-order valence-corrected chi connectivity index (χ2v) is 8.08. The fraction of sp³-hybridized carbons (Fsp3) is 0.360. The first kappa shape index (κ1) is 20.4. The Morgan fingerprint density at radius 1 is 0.767 bits per heavy atom. The standard InChI is InChI=1S/C25H28N2O3/c28-24(21-13-7-8-14-22(21)25(29)30)27-17-15-26(16-18-27)23(19-9-3-1-4-10-19)20-11-5-2-6-12-20/h1-12,21-23H,13-18H2,(H,29,30)/t21-,22-/m1/s1. The van der Waals surface area contributed by atoms with E-state index in [4.69, 9.17) is 0 Å². The van der Waals surface area contributed by atoms with Crippen LogP contribution in [-0.4, -0.2) is 53.0 Å². The maximum absolute atomic E-state index is 13.1. The van der Waals surface area contributed by atoms with Crippen LogP contribution in [0, 0.1) is 11.8 Å². The molecule has 0 aromatic heterocycles. The van der Waals surface area contributed by atoms with Crippen LogP contribution >= 0.6 is 0 Å². The summed E-state index contributed by atoms with van der Waals surface area (Å²) in [6.45, 7) is 2.78. The summed E-state index contributed by atoms with van der Waals surface area (Å²) in [6, 6.07) is 21.1. The van der Waals surface area contributed by atoms with E-state index in [0.29, 0.717) is 25.9 Å². The number of carboxylic acids is 1. The Morgan fingerprint density at radius 2 is 1.27 bits per heavy atom. The molecule has 5 nitrogen and oxygen atoms in total. The molecule has 2 aromatic rings. The van der Waals surface area contributed by atoms with Crippen molar-refractivity contribution in [1.29, 1.82) is 0 Å². The minimum Gasteiger partial charge on any atom is -0.481 e. The third-order valence-electron chi connectivity index (χ3n) is 6.29. The molecule has 1 aliphatic carbocycles. The van der Waals surface area contributed by atoms with E-state index in [9.17, 15) is 14.7 Å². The zero-order valence-corrected chi connectivity index (χ0v) is 17.1. The van der Waals surface area contributed by atoms with Crippen molar-refractivity contribution in [3.8, 4) is 0 Å². The predicted molar refractivity (Wildman–Crippen MR) is 116 cm³/mol. The Hall–Kier alpha value is -2.92. The lowest BCUT2D eigenvalue weighted by atomic mass is 9.82. The van der Waals surface area contributed by atoms with Crippen LogP contribution < -0.4 is 0 Å². The molecule has 1 aliphatic heterocycles. The number of aliphatic carboxylic acids is 1. The maximum Gasteiger partial charge on any atom is 0.307 e. The van der Waals surface area contributed by atoms with Gasteiger partial charge in [0.1, 0.15) is 0 Å². The van der Waals surface area contributed by atoms with Crippen LogP contribution in [0.5, 0.6) is 0 Å². The molecule has 0 bridgehead atoms. The number of rotatable bonds is 5. The zero-order valence-electron chi connectivity index (χ0n) is 17.1. The lowest BCUT2D eigenvalue weighted by Gasteiger charge is -2.41. The van der Waals surface area contributed by atoms with Gasteiger partial charge in [-0.1, -0.05) is 72.8 Å². The van der Waals surface area contributed by atoms with Gasteiger partial charge >= 0.3 is 5.97 Å². The van der Waals surface area contributed by atoms with Crippen molar-refractivity contribution in [2.24, 2.45) is 11.8 Å². The lowest BCUT2D eigenvalue weighted by molar-refractivity contribution is -0.151. The van der Waals surface area contributed by atoms with E-state index in [1.165, 1.54) is 11.1 Å². The van der Waals surface area contributed by atoms with E-state index in [1.807, 2.05) is 29.2 Å². The van der Waals surface area contributed by atoms with E-state index in [0.717, 1.165) is 13.1 Å². The minimum atomic E-state index is -0.871. The Balaban J connectivity index is 1.48. The van der Waals surface area contributed by atoms with Gasteiger partial charge < -0.3 is 10.0 Å². The van der Waals surface area contributed by atoms with Gasteiger partial charge in [0.05, 0.1) is 17.9 Å². The number of carbonyl (C=O) groups is 2. The van der Waals surface area contributed by atoms with Crippen molar-refractivity contribution in [3.63, 3.8) is 0 Å². The molecule has 1 amide bonds. The SMILES string of the molecule is O=C(O)[C@@H]1CC=CC[C@H]1C(=O)N1CCN(C(c2ccccc2)c2ccccc2)CC1. The Labute approximate surface area is 177 Å². The Bertz CT molecular complexity index is 850. The first-order valence-corrected chi connectivity index (χ1v) is 10.7. The van der Waals surface area contributed by atoms with Gasteiger partial charge in [-0.15, -0.1) is 0 Å². The molecular formula is C25H28N2O3. The highest BCUT2D eigenvalue weighted by molar-refractivity contribution is 5.85. The molecule has 1 heterocycles. The summed E-state index contributed by atoms with van der Waals surface area (Å²) in [5, 5.41) is 9.51. The van der Waals surface area contributed by atoms with Gasteiger partial charge in [0.15, 0.2) is 0 Å². The van der Waals surface area contributed by atoms with Gasteiger partial charge in [-0.25, -0.2) is 0 Å². The molecule has 0 saturated carbocycles. The zero-order chi connectivity index (χ0) is 20.9. The minimum absolute atomic E-state index is 0.0117. The first-order valence-electron chi connectivity index (χ1n) is 10.7. The van der Waals surface area contributed by atoms with Crippen molar-refractivity contribution in [2.75, 3.05) is 26.2 Å². The highest BCUT2D eigenvalue weighted by atomic mass is 16.4. The molecule has 5 heteroatoms. The number of carboxylic acid groups (broad SMARTS) is 1. The normalized spacial score (nSPS) is 22.2.